The van der Waals surface area contributed by atoms with Gasteiger partial charge in [-0.25, -0.2) is 4.79 Å². The van der Waals surface area contributed by atoms with Crippen LogP contribution in [0.3, 0.4) is 0 Å². The predicted octanol–water partition coefficient (Wildman–Crippen LogP) is 0.393. The first-order valence-electron chi connectivity index (χ1n) is 6.32. The summed E-state index contributed by atoms with van der Waals surface area (Å²) in [7, 11) is 0. The van der Waals surface area contributed by atoms with Gasteiger partial charge in [0, 0.05) is 19.0 Å². The molecule has 0 aromatic rings. The molecule has 0 saturated carbocycles. The Hall–Kier alpha value is -1.79. The van der Waals surface area contributed by atoms with Crippen LogP contribution < -0.4 is 11.1 Å². The molecule has 1 atom stereocenters. The molecule has 0 aromatic carbocycles. The van der Waals surface area contributed by atoms with Crippen molar-refractivity contribution in [1.29, 1.82) is 0 Å². The van der Waals surface area contributed by atoms with Crippen molar-refractivity contribution < 1.29 is 19.5 Å². The average molecular weight is 273 g/mol. The fourth-order valence-corrected chi connectivity index (χ4v) is 1.60. The summed E-state index contributed by atoms with van der Waals surface area (Å²) in [6.45, 7) is 5.53. The maximum absolute atomic E-state index is 11.9. The normalized spacial score (nSPS) is 12.0. The summed E-state index contributed by atoms with van der Waals surface area (Å²) >= 11 is 0. The van der Waals surface area contributed by atoms with Gasteiger partial charge in [0.2, 0.25) is 5.91 Å². The zero-order chi connectivity index (χ0) is 15.0. The Labute approximate surface area is 113 Å². The van der Waals surface area contributed by atoms with E-state index in [1.54, 1.807) is 13.8 Å². The molecule has 0 aliphatic carbocycles. The number of carboxylic acid groups (broad SMARTS) is 1. The molecule has 0 spiro atoms. The molecule has 0 aromatic heterocycles. The summed E-state index contributed by atoms with van der Waals surface area (Å²) in [6, 6.07) is -0.565. The van der Waals surface area contributed by atoms with Gasteiger partial charge in [-0.3, -0.25) is 9.59 Å². The number of primary amides is 1. The zero-order valence-corrected chi connectivity index (χ0v) is 11.7. The molecule has 0 fully saturated rings. The Morgan fingerprint density at radius 1 is 1.32 bits per heavy atom. The van der Waals surface area contributed by atoms with Crippen molar-refractivity contribution in [3.8, 4) is 0 Å². The number of urea groups is 1. The van der Waals surface area contributed by atoms with Gasteiger partial charge in [0.15, 0.2) is 0 Å². The number of carbonyl (C=O) groups is 3. The van der Waals surface area contributed by atoms with Gasteiger partial charge in [-0.1, -0.05) is 13.3 Å². The number of aliphatic carboxylic acids is 1. The number of hydrogen-bond acceptors (Lipinski definition) is 3. The van der Waals surface area contributed by atoms with E-state index in [0.717, 1.165) is 0 Å². The Kier molecular flexibility index (Phi) is 7.55. The molecule has 0 saturated heterocycles. The number of nitrogens with zero attached hydrogens (tertiary/aromatic N) is 1. The number of carbonyl (C=O) groups excluding carboxylic acids is 2. The molecule has 3 amide bonds. The largest absolute Gasteiger partial charge is 0.481 e. The van der Waals surface area contributed by atoms with Crippen LogP contribution in [-0.2, 0) is 9.59 Å². The minimum atomic E-state index is -0.890. The molecule has 7 heteroatoms. The van der Waals surface area contributed by atoms with Gasteiger partial charge in [-0.05, 0) is 19.8 Å². The fourth-order valence-electron chi connectivity index (χ4n) is 1.60. The van der Waals surface area contributed by atoms with E-state index in [1.807, 2.05) is 6.92 Å². The number of nitrogens with two attached hydrogens (primary N) is 1. The van der Waals surface area contributed by atoms with Gasteiger partial charge in [0.1, 0.15) is 6.54 Å². The van der Waals surface area contributed by atoms with Crippen LogP contribution in [0.2, 0.25) is 0 Å². The second-order valence-electron chi connectivity index (χ2n) is 4.75. The van der Waals surface area contributed by atoms with Gasteiger partial charge in [0.05, 0.1) is 0 Å². The summed E-state index contributed by atoms with van der Waals surface area (Å²) in [5, 5.41) is 11.4. The van der Waals surface area contributed by atoms with Gasteiger partial charge in [-0.2, -0.15) is 0 Å². The maximum atomic E-state index is 11.9. The van der Waals surface area contributed by atoms with Gasteiger partial charge < -0.3 is 21.1 Å². The molecule has 19 heavy (non-hydrogen) atoms. The summed E-state index contributed by atoms with van der Waals surface area (Å²) in [4.78, 5) is 34.7. The van der Waals surface area contributed by atoms with Crippen LogP contribution in [-0.4, -0.2) is 47.0 Å². The number of rotatable bonds is 8. The second kappa shape index (κ2) is 8.34. The van der Waals surface area contributed by atoms with E-state index in [4.69, 9.17) is 10.8 Å². The molecule has 0 rings (SSSR count). The summed E-state index contributed by atoms with van der Waals surface area (Å²) in [5.41, 5.74) is 5.08. The monoisotopic (exact) mass is 273 g/mol. The summed E-state index contributed by atoms with van der Waals surface area (Å²) < 4.78 is 0. The highest BCUT2D eigenvalue weighted by atomic mass is 16.4. The minimum absolute atomic E-state index is 0.00821. The lowest BCUT2D eigenvalue weighted by molar-refractivity contribution is -0.138. The molecular formula is C12H23N3O4. The van der Waals surface area contributed by atoms with E-state index in [1.165, 1.54) is 4.90 Å². The molecule has 1 unspecified atom stereocenters. The Bertz CT molecular complexity index is 331. The molecule has 110 valence electrons. The lowest BCUT2D eigenvalue weighted by Gasteiger charge is -2.26. The molecule has 7 nitrogen and oxygen atoms in total. The van der Waals surface area contributed by atoms with Crippen LogP contribution >= 0.6 is 0 Å². The molecular weight excluding hydrogens is 250 g/mol. The van der Waals surface area contributed by atoms with Crippen molar-refractivity contribution in [2.24, 2.45) is 11.7 Å². The highest BCUT2D eigenvalue weighted by molar-refractivity contribution is 5.83. The van der Waals surface area contributed by atoms with E-state index in [-0.39, 0.29) is 31.5 Å². The lowest BCUT2D eigenvalue weighted by atomic mass is 10.0. The lowest BCUT2D eigenvalue weighted by Crippen LogP contribution is -2.48. The predicted molar refractivity (Wildman–Crippen MR) is 70.5 cm³/mol. The van der Waals surface area contributed by atoms with E-state index >= 15 is 0 Å². The van der Waals surface area contributed by atoms with Crippen LogP contribution in [0.15, 0.2) is 0 Å². The molecule has 0 heterocycles. The van der Waals surface area contributed by atoms with Crippen molar-refractivity contribution in [3.63, 3.8) is 0 Å². The average Bonchev–Trinajstić information content (AvgIpc) is 2.29. The highest BCUT2D eigenvalue weighted by Crippen LogP contribution is 2.07. The van der Waals surface area contributed by atoms with Crippen molar-refractivity contribution in [2.75, 3.05) is 13.1 Å². The quantitative estimate of drug-likeness (QED) is 0.593. The molecule has 0 aliphatic heterocycles. The van der Waals surface area contributed by atoms with Gasteiger partial charge in [0.25, 0.3) is 0 Å². The van der Waals surface area contributed by atoms with Crippen molar-refractivity contribution in [3.05, 3.63) is 0 Å². The topological polar surface area (TPSA) is 113 Å². The van der Waals surface area contributed by atoms with Crippen molar-refractivity contribution in [2.45, 2.75) is 39.7 Å². The first-order chi connectivity index (χ1) is 8.77. The van der Waals surface area contributed by atoms with Crippen LogP contribution in [0, 0.1) is 5.92 Å². The van der Waals surface area contributed by atoms with Crippen LogP contribution in [0.4, 0.5) is 4.79 Å². The van der Waals surface area contributed by atoms with Gasteiger partial charge in [-0.15, -0.1) is 0 Å². The van der Waals surface area contributed by atoms with E-state index < -0.39 is 17.9 Å². The van der Waals surface area contributed by atoms with Gasteiger partial charge >= 0.3 is 12.0 Å². The minimum Gasteiger partial charge on any atom is -0.481 e. The standard InChI is InChI=1S/C12H23N3O4/c1-4-9(5-11(17)18)6-14-12(19)15(8(2)3)7-10(13)16/h8-9H,4-7H2,1-3H3,(H2,13,16)(H,14,19)(H,17,18). The van der Waals surface area contributed by atoms with Crippen LogP contribution in [0.5, 0.6) is 0 Å². The number of carboxylic acids is 1. The zero-order valence-electron chi connectivity index (χ0n) is 11.7. The third-order valence-corrected chi connectivity index (χ3v) is 2.79. The molecule has 0 radical (unpaired) electrons. The SMILES string of the molecule is CCC(CNC(=O)N(CC(N)=O)C(C)C)CC(=O)O. The van der Waals surface area contributed by atoms with Crippen molar-refractivity contribution >= 4 is 17.9 Å². The third kappa shape index (κ3) is 7.28. The fraction of sp³-hybridized carbons (Fsp3) is 0.750. The number of hydrogen-bond donors (Lipinski definition) is 3. The second-order valence-corrected chi connectivity index (χ2v) is 4.75. The first-order valence-corrected chi connectivity index (χ1v) is 6.32. The first kappa shape index (κ1) is 17.2. The van der Waals surface area contributed by atoms with Crippen LogP contribution in [0.25, 0.3) is 0 Å². The molecule has 0 aliphatic rings. The third-order valence-electron chi connectivity index (χ3n) is 2.79. The molecule has 0 bridgehead atoms. The van der Waals surface area contributed by atoms with Crippen LogP contribution in [0.1, 0.15) is 33.6 Å². The maximum Gasteiger partial charge on any atom is 0.318 e. The Balaban J connectivity index is 4.39. The number of amides is 3. The highest BCUT2D eigenvalue weighted by Gasteiger charge is 2.20. The van der Waals surface area contributed by atoms with E-state index in [9.17, 15) is 14.4 Å². The van der Waals surface area contributed by atoms with Crippen molar-refractivity contribution in [1.82, 2.24) is 10.2 Å². The Morgan fingerprint density at radius 3 is 2.26 bits per heavy atom. The summed E-state index contributed by atoms with van der Waals surface area (Å²) in [5.74, 6) is -1.59. The summed E-state index contributed by atoms with van der Waals surface area (Å²) in [6.07, 6.45) is 0.665. The number of nitrogens with one attached hydrogen (secondary N) is 1. The van der Waals surface area contributed by atoms with E-state index in [2.05, 4.69) is 5.32 Å². The smallest absolute Gasteiger partial charge is 0.318 e. The Morgan fingerprint density at radius 2 is 1.89 bits per heavy atom. The molecule has 4 N–H and O–H groups in total. The van der Waals surface area contributed by atoms with E-state index in [0.29, 0.717) is 6.42 Å².